The Morgan fingerprint density at radius 2 is 2.10 bits per heavy atom. The van der Waals surface area contributed by atoms with Crippen molar-refractivity contribution in [2.45, 2.75) is 19.8 Å². The standard InChI is InChI=1S/C17H19NO3/c1-2-21-14-4-6-15-13(11-14)3-5-16(18-15)17(19)12-7-9-20-10-8-12/h3-6,11-12H,2,7-10H2,1H3. The van der Waals surface area contributed by atoms with Crippen LogP contribution in [0.1, 0.15) is 30.3 Å². The van der Waals surface area contributed by atoms with Gasteiger partial charge in [0.1, 0.15) is 11.4 Å². The van der Waals surface area contributed by atoms with Crippen LogP contribution in [-0.2, 0) is 4.74 Å². The van der Waals surface area contributed by atoms with Crippen LogP contribution in [0.25, 0.3) is 10.9 Å². The summed E-state index contributed by atoms with van der Waals surface area (Å²) in [5.74, 6) is 1.01. The lowest BCUT2D eigenvalue weighted by Crippen LogP contribution is -2.24. The van der Waals surface area contributed by atoms with Crippen LogP contribution in [0.4, 0.5) is 0 Å². The van der Waals surface area contributed by atoms with Crippen molar-refractivity contribution in [3.05, 3.63) is 36.0 Å². The van der Waals surface area contributed by atoms with E-state index in [4.69, 9.17) is 9.47 Å². The predicted molar refractivity (Wildman–Crippen MR) is 80.8 cm³/mol. The summed E-state index contributed by atoms with van der Waals surface area (Å²) < 4.78 is 10.8. The first-order chi connectivity index (χ1) is 10.3. The number of Topliss-reactive ketones (excluding diaryl/α,β-unsaturated/α-hetero) is 1. The van der Waals surface area contributed by atoms with Gasteiger partial charge in [0, 0.05) is 24.5 Å². The molecule has 0 saturated carbocycles. The number of aromatic nitrogens is 1. The molecular formula is C17H19NO3. The predicted octanol–water partition coefficient (Wildman–Crippen LogP) is 3.24. The van der Waals surface area contributed by atoms with Gasteiger partial charge in [0.2, 0.25) is 0 Å². The third-order valence-electron chi connectivity index (χ3n) is 3.82. The van der Waals surface area contributed by atoms with Gasteiger partial charge >= 0.3 is 0 Å². The summed E-state index contributed by atoms with van der Waals surface area (Å²) in [5.41, 5.74) is 1.38. The molecule has 0 N–H and O–H groups in total. The van der Waals surface area contributed by atoms with Gasteiger partial charge in [-0.25, -0.2) is 4.98 Å². The molecule has 0 aliphatic carbocycles. The van der Waals surface area contributed by atoms with E-state index in [2.05, 4.69) is 4.98 Å². The second-order valence-electron chi connectivity index (χ2n) is 5.23. The van der Waals surface area contributed by atoms with E-state index in [0.717, 1.165) is 29.5 Å². The number of hydrogen-bond donors (Lipinski definition) is 0. The van der Waals surface area contributed by atoms with Gasteiger partial charge in [-0.05, 0) is 44.0 Å². The first kappa shape index (κ1) is 14.0. The summed E-state index contributed by atoms with van der Waals surface area (Å²) in [5, 5.41) is 0.990. The minimum absolute atomic E-state index is 0.0476. The Labute approximate surface area is 124 Å². The Kier molecular flexibility index (Phi) is 4.15. The number of carbonyl (C=O) groups excluding carboxylic acids is 1. The average Bonchev–Trinajstić information content (AvgIpc) is 2.55. The molecule has 2 aromatic rings. The fraction of sp³-hybridized carbons (Fsp3) is 0.412. The van der Waals surface area contributed by atoms with E-state index >= 15 is 0 Å². The lowest BCUT2D eigenvalue weighted by molar-refractivity contribution is 0.0542. The summed E-state index contributed by atoms with van der Waals surface area (Å²) in [6.07, 6.45) is 1.59. The smallest absolute Gasteiger partial charge is 0.184 e. The van der Waals surface area contributed by atoms with E-state index in [-0.39, 0.29) is 11.7 Å². The molecule has 1 aliphatic heterocycles. The molecule has 1 aromatic heterocycles. The quantitative estimate of drug-likeness (QED) is 0.809. The van der Waals surface area contributed by atoms with E-state index in [1.165, 1.54) is 0 Å². The highest BCUT2D eigenvalue weighted by atomic mass is 16.5. The van der Waals surface area contributed by atoms with Crippen molar-refractivity contribution in [3.8, 4) is 5.75 Å². The molecule has 0 radical (unpaired) electrons. The maximum atomic E-state index is 12.5. The van der Waals surface area contributed by atoms with Gasteiger partial charge in [0.25, 0.3) is 0 Å². The molecule has 0 atom stereocenters. The Morgan fingerprint density at radius 1 is 1.29 bits per heavy atom. The minimum Gasteiger partial charge on any atom is -0.494 e. The molecule has 1 aliphatic rings. The molecule has 2 heterocycles. The fourth-order valence-corrected chi connectivity index (χ4v) is 2.67. The second kappa shape index (κ2) is 6.22. The Hall–Kier alpha value is -1.94. The van der Waals surface area contributed by atoms with Crippen molar-refractivity contribution in [3.63, 3.8) is 0 Å². The van der Waals surface area contributed by atoms with Crippen LogP contribution >= 0.6 is 0 Å². The molecule has 4 heteroatoms. The molecule has 0 unspecified atom stereocenters. The van der Waals surface area contributed by atoms with Gasteiger partial charge in [0.15, 0.2) is 5.78 Å². The van der Waals surface area contributed by atoms with Crippen molar-refractivity contribution in [1.82, 2.24) is 4.98 Å². The van der Waals surface area contributed by atoms with Gasteiger partial charge in [-0.15, -0.1) is 0 Å². The lowest BCUT2D eigenvalue weighted by atomic mass is 9.93. The first-order valence-electron chi connectivity index (χ1n) is 7.43. The zero-order valence-electron chi connectivity index (χ0n) is 12.2. The third-order valence-corrected chi connectivity index (χ3v) is 3.82. The topological polar surface area (TPSA) is 48.4 Å². The van der Waals surface area contributed by atoms with Crippen LogP contribution in [0.15, 0.2) is 30.3 Å². The molecule has 0 bridgehead atoms. The third kappa shape index (κ3) is 3.05. The summed E-state index contributed by atoms with van der Waals surface area (Å²) >= 11 is 0. The summed E-state index contributed by atoms with van der Waals surface area (Å²) in [6, 6.07) is 9.50. The minimum atomic E-state index is 0.0476. The molecule has 0 amide bonds. The number of hydrogen-bond acceptors (Lipinski definition) is 4. The zero-order valence-corrected chi connectivity index (χ0v) is 12.2. The highest BCUT2D eigenvalue weighted by molar-refractivity contribution is 5.98. The van der Waals surface area contributed by atoms with Gasteiger partial charge < -0.3 is 9.47 Å². The molecule has 1 aromatic carbocycles. The van der Waals surface area contributed by atoms with Crippen LogP contribution in [0.3, 0.4) is 0 Å². The lowest BCUT2D eigenvalue weighted by Gasteiger charge is -2.20. The monoisotopic (exact) mass is 285 g/mol. The molecule has 0 spiro atoms. The Morgan fingerprint density at radius 3 is 2.86 bits per heavy atom. The molecule has 1 saturated heterocycles. The van der Waals surface area contributed by atoms with Gasteiger partial charge in [-0.1, -0.05) is 6.07 Å². The zero-order chi connectivity index (χ0) is 14.7. The van der Waals surface area contributed by atoms with Crippen LogP contribution in [0.5, 0.6) is 5.75 Å². The van der Waals surface area contributed by atoms with Crippen LogP contribution in [0, 0.1) is 5.92 Å². The molecule has 110 valence electrons. The van der Waals surface area contributed by atoms with Gasteiger partial charge in [-0.2, -0.15) is 0 Å². The number of rotatable bonds is 4. The van der Waals surface area contributed by atoms with Crippen molar-refractivity contribution in [1.29, 1.82) is 0 Å². The van der Waals surface area contributed by atoms with E-state index in [0.29, 0.717) is 25.5 Å². The molecule has 3 rings (SSSR count). The number of carbonyl (C=O) groups is 1. The Bertz CT molecular complexity index is 648. The maximum Gasteiger partial charge on any atom is 0.184 e. The maximum absolute atomic E-state index is 12.5. The summed E-state index contributed by atoms with van der Waals surface area (Å²) in [7, 11) is 0. The van der Waals surface area contributed by atoms with E-state index < -0.39 is 0 Å². The van der Waals surface area contributed by atoms with Crippen molar-refractivity contribution in [2.24, 2.45) is 5.92 Å². The van der Waals surface area contributed by atoms with Crippen molar-refractivity contribution in [2.75, 3.05) is 19.8 Å². The van der Waals surface area contributed by atoms with E-state index in [1.54, 1.807) is 0 Å². The largest absolute Gasteiger partial charge is 0.494 e. The SMILES string of the molecule is CCOc1ccc2nc(C(=O)C3CCOCC3)ccc2c1. The van der Waals surface area contributed by atoms with E-state index in [1.807, 2.05) is 37.3 Å². The molecule has 1 fully saturated rings. The average molecular weight is 285 g/mol. The van der Waals surface area contributed by atoms with Gasteiger partial charge in [0.05, 0.1) is 12.1 Å². The first-order valence-corrected chi connectivity index (χ1v) is 7.43. The summed E-state index contributed by atoms with van der Waals surface area (Å²) in [4.78, 5) is 17.0. The number of benzene rings is 1. The highest BCUT2D eigenvalue weighted by Gasteiger charge is 2.23. The number of fused-ring (bicyclic) bond motifs is 1. The number of ether oxygens (including phenoxy) is 2. The van der Waals surface area contributed by atoms with Crippen molar-refractivity contribution >= 4 is 16.7 Å². The fourth-order valence-electron chi connectivity index (χ4n) is 2.67. The normalized spacial score (nSPS) is 16.0. The number of ketones is 1. The van der Waals surface area contributed by atoms with E-state index in [9.17, 15) is 4.79 Å². The number of nitrogens with zero attached hydrogens (tertiary/aromatic N) is 1. The summed E-state index contributed by atoms with van der Waals surface area (Å²) in [6.45, 7) is 3.93. The van der Waals surface area contributed by atoms with Crippen LogP contribution in [-0.4, -0.2) is 30.6 Å². The molecule has 4 nitrogen and oxygen atoms in total. The molecular weight excluding hydrogens is 266 g/mol. The number of pyridine rings is 1. The van der Waals surface area contributed by atoms with Crippen molar-refractivity contribution < 1.29 is 14.3 Å². The van der Waals surface area contributed by atoms with Crippen LogP contribution < -0.4 is 4.74 Å². The highest BCUT2D eigenvalue weighted by Crippen LogP contribution is 2.23. The second-order valence-corrected chi connectivity index (χ2v) is 5.23. The molecule has 21 heavy (non-hydrogen) atoms. The Balaban J connectivity index is 1.86. The van der Waals surface area contributed by atoms with Crippen LogP contribution in [0.2, 0.25) is 0 Å². The van der Waals surface area contributed by atoms with Gasteiger partial charge in [-0.3, -0.25) is 4.79 Å².